The number of nitrogens with two attached hydrogens (primary N) is 1. The Kier molecular flexibility index (Phi) is 6.52. The van der Waals surface area contributed by atoms with Crippen LogP contribution in [-0.2, 0) is 9.53 Å². The van der Waals surface area contributed by atoms with Gasteiger partial charge in [-0.2, -0.15) is 0 Å². The lowest BCUT2D eigenvalue weighted by atomic mass is 10.1. The second-order valence-corrected chi connectivity index (χ2v) is 5.21. The van der Waals surface area contributed by atoms with E-state index in [-0.39, 0.29) is 5.91 Å². The number of hydrogen-bond acceptors (Lipinski definition) is 3. The number of nitrogens with zero attached hydrogens (tertiary/aromatic N) is 1. The summed E-state index contributed by atoms with van der Waals surface area (Å²) in [6.45, 7) is 4.95. The molecule has 0 aromatic carbocycles. The van der Waals surface area contributed by atoms with E-state index in [1.165, 1.54) is 12.8 Å². The number of likely N-dealkylation sites (N-methyl/N-ethyl adjacent to an activating group) is 1. The van der Waals surface area contributed by atoms with E-state index in [0.717, 1.165) is 18.9 Å². The first-order valence-corrected chi connectivity index (χ1v) is 6.65. The minimum absolute atomic E-state index is 0.195. The SMILES string of the molecule is CC(CN)CCC(=O)N(C)CCOCC1CC1. The van der Waals surface area contributed by atoms with Gasteiger partial charge in [-0.25, -0.2) is 0 Å². The number of rotatable bonds is 9. The maximum absolute atomic E-state index is 11.7. The highest BCUT2D eigenvalue weighted by Crippen LogP contribution is 2.28. The van der Waals surface area contributed by atoms with E-state index in [2.05, 4.69) is 6.92 Å². The van der Waals surface area contributed by atoms with Crippen molar-refractivity contribution in [2.45, 2.75) is 32.6 Å². The van der Waals surface area contributed by atoms with Crippen LogP contribution in [0.4, 0.5) is 0 Å². The highest BCUT2D eigenvalue weighted by atomic mass is 16.5. The third-order valence-electron chi connectivity index (χ3n) is 3.30. The van der Waals surface area contributed by atoms with E-state index in [9.17, 15) is 4.79 Å². The molecule has 0 bridgehead atoms. The van der Waals surface area contributed by atoms with Gasteiger partial charge in [0.05, 0.1) is 6.61 Å². The molecular weight excluding hydrogens is 216 g/mol. The lowest BCUT2D eigenvalue weighted by Crippen LogP contribution is -2.30. The predicted octanol–water partition coefficient (Wildman–Crippen LogP) is 1.25. The molecule has 17 heavy (non-hydrogen) atoms. The van der Waals surface area contributed by atoms with Crippen LogP contribution in [-0.4, -0.2) is 44.2 Å². The van der Waals surface area contributed by atoms with E-state index in [0.29, 0.717) is 32.0 Å². The van der Waals surface area contributed by atoms with Crippen molar-refractivity contribution in [1.82, 2.24) is 4.90 Å². The van der Waals surface area contributed by atoms with E-state index in [4.69, 9.17) is 10.5 Å². The molecule has 1 saturated carbocycles. The molecule has 100 valence electrons. The summed E-state index contributed by atoms with van der Waals surface area (Å²) in [6.07, 6.45) is 4.09. The summed E-state index contributed by atoms with van der Waals surface area (Å²) >= 11 is 0. The van der Waals surface area contributed by atoms with Crippen molar-refractivity contribution in [3.8, 4) is 0 Å². The molecule has 2 N–H and O–H groups in total. The first-order valence-electron chi connectivity index (χ1n) is 6.65. The van der Waals surface area contributed by atoms with Crippen LogP contribution in [0.25, 0.3) is 0 Å². The van der Waals surface area contributed by atoms with E-state index in [1.807, 2.05) is 7.05 Å². The number of ether oxygens (including phenoxy) is 1. The molecule has 1 aliphatic rings. The monoisotopic (exact) mass is 242 g/mol. The Bertz CT molecular complexity index is 229. The zero-order valence-electron chi connectivity index (χ0n) is 11.2. The Balaban J connectivity index is 2.00. The fourth-order valence-corrected chi connectivity index (χ4v) is 1.54. The average molecular weight is 242 g/mol. The van der Waals surface area contributed by atoms with Crippen LogP contribution < -0.4 is 5.73 Å². The van der Waals surface area contributed by atoms with Crippen LogP contribution in [0.3, 0.4) is 0 Å². The molecule has 1 fully saturated rings. The van der Waals surface area contributed by atoms with Gasteiger partial charge in [-0.15, -0.1) is 0 Å². The predicted molar refractivity (Wildman–Crippen MR) is 68.6 cm³/mol. The lowest BCUT2D eigenvalue weighted by Gasteiger charge is -2.18. The zero-order valence-corrected chi connectivity index (χ0v) is 11.2. The molecule has 1 amide bonds. The summed E-state index contributed by atoms with van der Waals surface area (Å²) in [7, 11) is 1.84. The van der Waals surface area contributed by atoms with Gasteiger partial charge in [-0.3, -0.25) is 4.79 Å². The quantitative estimate of drug-likeness (QED) is 0.619. The van der Waals surface area contributed by atoms with Gasteiger partial charge in [0, 0.05) is 26.6 Å². The number of carbonyl (C=O) groups is 1. The largest absolute Gasteiger partial charge is 0.379 e. The van der Waals surface area contributed by atoms with E-state index in [1.54, 1.807) is 4.90 Å². The van der Waals surface area contributed by atoms with Crippen molar-refractivity contribution < 1.29 is 9.53 Å². The molecule has 0 aromatic heterocycles. The van der Waals surface area contributed by atoms with Crippen LogP contribution in [0.2, 0.25) is 0 Å². The topological polar surface area (TPSA) is 55.6 Å². The molecule has 0 saturated heterocycles. The van der Waals surface area contributed by atoms with Gasteiger partial charge in [0.2, 0.25) is 5.91 Å². The summed E-state index contributed by atoms with van der Waals surface area (Å²) < 4.78 is 5.51. The maximum Gasteiger partial charge on any atom is 0.222 e. The van der Waals surface area contributed by atoms with Crippen LogP contribution in [0.1, 0.15) is 32.6 Å². The van der Waals surface area contributed by atoms with Gasteiger partial charge in [0.15, 0.2) is 0 Å². The molecule has 0 spiro atoms. The molecule has 4 heteroatoms. The van der Waals surface area contributed by atoms with E-state index < -0.39 is 0 Å². The molecule has 4 nitrogen and oxygen atoms in total. The molecule has 0 aliphatic heterocycles. The highest BCUT2D eigenvalue weighted by Gasteiger charge is 2.21. The first-order chi connectivity index (χ1) is 8.13. The Morgan fingerprint density at radius 2 is 2.24 bits per heavy atom. The smallest absolute Gasteiger partial charge is 0.222 e. The molecular formula is C13H26N2O2. The average Bonchev–Trinajstić information content (AvgIpc) is 3.14. The van der Waals surface area contributed by atoms with Crippen molar-refractivity contribution >= 4 is 5.91 Å². The summed E-state index contributed by atoms with van der Waals surface area (Å²) in [5.74, 6) is 1.42. The van der Waals surface area contributed by atoms with Gasteiger partial charge in [0.25, 0.3) is 0 Å². The normalized spacial score (nSPS) is 16.9. The summed E-state index contributed by atoms with van der Waals surface area (Å²) in [6, 6.07) is 0. The van der Waals surface area contributed by atoms with Crippen molar-refractivity contribution in [2.75, 3.05) is 33.4 Å². The fraction of sp³-hybridized carbons (Fsp3) is 0.923. The van der Waals surface area contributed by atoms with Gasteiger partial charge in [-0.05, 0) is 37.6 Å². The molecule has 0 aromatic rings. The number of carbonyl (C=O) groups excluding carboxylic acids is 1. The van der Waals surface area contributed by atoms with Gasteiger partial charge in [0.1, 0.15) is 0 Å². The Morgan fingerprint density at radius 3 is 2.82 bits per heavy atom. The summed E-state index contributed by atoms with van der Waals surface area (Å²) in [5, 5.41) is 0. The van der Waals surface area contributed by atoms with Crippen molar-refractivity contribution in [2.24, 2.45) is 17.6 Å². The summed E-state index contributed by atoms with van der Waals surface area (Å²) in [4.78, 5) is 13.5. The molecule has 1 rings (SSSR count). The van der Waals surface area contributed by atoms with Crippen LogP contribution >= 0.6 is 0 Å². The molecule has 0 heterocycles. The Morgan fingerprint density at radius 1 is 1.53 bits per heavy atom. The number of hydrogen-bond donors (Lipinski definition) is 1. The van der Waals surface area contributed by atoms with E-state index >= 15 is 0 Å². The van der Waals surface area contributed by atoms with Crippen molar-refractivity contribution in [3.05, 3.63) is 0 Å². The third-order valence-corrected chi connectivity index (χ3v) is 3.30. The third kappa shape index (κ3) is 6.64. The standard InChI is InChI=1S/C13H26N2O2/c1-11(9-14)3-6-13(16)15(2)7-8-17-10-12-4-5-12/h11-12H,3-10,14H2,1-2H3. The van der Waals surface area contributed by atoms with Crippen LogP contribution in [0, 0.1) is 11.8 Å². The van der Waals surface area contributed by atoms with Crippen LogP contribution in [0.5, 0.6) is 0 Å². The second kappa shape index (κ2) is 7.67. The molecule has 1 unspecified atom stereocenters. The van der Waals surface area contributed by atoms with Gasteiger partial charge in [-0.1, -0.05) is 6.92 Å². The molecule has 0 radical (unpaired) electrons. The maximum atomic E-state index is 11.7. The van der Waals surface area contributed by atoms with Gasteiger partial charge < -0.3 is 15.4 Å². The summed E-state index contributed by atoms with van der Waals surface area (Å²) in [5.41, 5.74) is 5.52. The minimum Gasteiger partial charge on any atom is -0.379 e. The minimum atomic E-state index is 0.195. The fourth-order valence-electron chi connectivity index (χ4n) is 1.54. The van der Waals surface area contributed by atoms with Crippen LogP contribution in [0.15, 0.2) is 0 Å². The first kappa shape index (κ1) is 14.5. The zero-order chi connectivity index (χ0) is 12.7. The van der Waals surface area contributed by atoms with Crippen molar-refractivity contribution in [1.29, 1.82) is 0 Å². The molecule has 1 aliphatic carbocycles. The van der Waals surface area contributed by atoms with Gasteiger partial charge >= 0.3 is 0 Å². The number of amides is 1. The lowest BCUT2D eigenvalue weighted by molar-refractivity contribution is -0.130. The Labute approximate surface area is 104 Å². The second-order valence-electron chi connectivity index (χ2n) is 5.21. The Hall–Kier alpha value is -0.610. The molecule has 1 atom stereocenters. The highest BCUT2D eigenvalue weighted by molar-refractivity contribution is 5.75. The van der Waals surface area contributed by atoms with Crippen molar-refractivity contribution in [3.63, 3.8) is 0 Å².